The molecule has 1 heterocycles. The lowest BCUT2D eigenvalue weighted by Gasteiger charge is -2.18. The summed E-state index contributed by atoms with van der Waals surface area (Å²) in [6, 6.07) is 7.48. The van der Waals surface area contributed by atoms with Crippen molar-refractivity contribution in [2.24, 2.45) is 5.92 Å². The smallest absolute Gasteiger partial charge is 0.272 e. The van der Waals surface area contributed by atoms with E-state index in [1.165, 1.54) is 0 Å². The average Bonchev–Trinajstić information content (AvgIpc) is 2.48. The van der Waals surface area contributed by atoms with E-state index in [9.17, 15) is 9.90 Å². The lowest BCUT2D eigenvalue weighted by molar-refractivity contribution is 0.0669. The van der Waals surface area contributed by atoms with E-state index in [0.717, 1.165) is 43.4 Å². The minimum Gasteiger partial charge on any atom is -0.390 e. The number of rotatable bonds is 8. The first-order valence-electron chi connectivity index (χ1n) is 8.30. The van der Waals surface area contributed by atoms with Gasteiger partial charge in [-0.2, -0.15) is 5.10 Å². The first-order valence-corrected chi connectivity index (χ1v) is 8.30. The van der Waals surface area contributed by atoms with E-state index in [4.69, 9.17) is 0 Å². The van der Waals surface area contributed by atoms with Crippen LogP contribution in [0.5, 0.6) is 0 Å². The maximum absolute atomic E-state index is 11.7. The van der Waals surface area contributed by atoms with Gasteiger partial charge in [-0.15, -0.1) is 0 Å². The van der Waals surface area contributed by atoms with Gasteiger partial charge in [-0.1, -0.05) is 38.0 Å². The van der Waals surface area contributed by atoms with E-state index in [2.05, 4.69) is 22.4 Å². The maximum atomic E-state index is 11.7. The fourth-order valence-electron chi connectivity index (χ4n) is 2.71. The molecule has 0 spiro atoms. The molecule has 1 aromatic heterocycles. The summed E-state index contributed by atoms with van der Waals surface area (Å²) in [7, 11) is 0. The van der Waals surface area contributed by atoms with Gasteiger partial charge in [0.05, 0.1) is 11.0 Å². The Hall–Kier alpha value is -1.88. The van der Waals surface area contributed by atoms with E-state index < -0.39 is 5.60 Å². The Bertz CT molecular complexity index is 688. The highest BCUT2D eigenvalue weighted by molar-refractivity contribution is 5.90. The molecule has 5 heteroatoms. The van der Waals surface area contributed by atoms with Crippen molar-refractivity contribution in [3.05, 3.63) is 34.6 Å². The van der Waals surface area contributed by atoms with Crippen LogP contribution in [0.3, 0.4) is 0 Å². The summed E-state index contributed by atoms with van der Waals surface area (Å²) in [5.41, 5.74) is -0.734. The third kappa shape index (κ3) is 5.36. The van der Waals surface area contributed by atoms with E-state index in [-0.39, 0.29) is 5.56 Å². The van der Waals surface area contributed by atoms with Crippen molar-refractivity contribution >= 4 is 16.6 Å². The van der Waals surface area contributed by atoms with Crippen LogP contribution >= 0.6 is 0 Å². The summed E-state index contributed by atoms with van der Waals surface area (Å²) in [6.45, 7) is 6.75. The average molecular weight is 317 g/mol. The van der Waals surface area contributed by atoms with E-state index in [1.54, 1.807) is 6.07 Å². The number of aromatic amines is 1. The van der Waals surface area contributed by atoms with E-state index >= 15 is 0 Å². The Morgan fingerprint density at radius 2 is 1.96 bits per heavy atom. The molecular formula is C18H27N3O2. The number of hydrogen-bond donors (Lipinski definition) is 3. The summed E-state index contributed by atoms with van der Waals surface area (Å²) in [4.78, 5) is 11.7. The van der Waals surface area contributed by atoms with Gasteiger partial charge >= 0.3 is 0 Å². The number of hydrogen-bond acceptors (Lipinski definition) is 4. The predicted octanol–water partition coefficient (Wildman–Crippen LogP) is 3.30. The monoisotopic (exact) mass is 317 g/mol. The molecule has 0 radical (unpaired) electrons. The normalized spacial score (nSPS) is 13.2. The molecule has 1 atom stereocenters. The summed E-state index contributed by atoms with van der Waals surface area (Å²) in [5, 5.41) is 21.2. The molecule has 0 aliphatic heterocycles. The zero-order chi connectivity index (χ0) is 16.9. The van der Waals surface area contributed by atoms with Crippen LogP contribution < -0.4 is 10.9 Å². The van der Waals surface area contributed by atoms with Gasteiger partial charge in [0.2, 0.25) is 0 Å². The molecule has 0 aliphatic rings. The summed E-state index contributed by atoms with van der Waals surface area (Å²) >= 11 is 0. The second kappa shape index (κ2) is 7.59. The van der Waals surface area contributed by atoms with Gasteiger partial charge in [0.25, 0.3) is 5.56 Å². The molecule has 126 valence electrons. The molecule has 5 nitrogen and oxygen atoms in total. The minimum atomic E-state index is -0.573. The molecule has 0 bridgehead atoms. The largest absolute Gasteiger partial charge is 0.390 e. The zero-order valence-electron chi connectivity index (χ0n) is 14.2. The highest BCUT2D eigenvalue weighted by atomic mass is 16.3. The van der Waals surface area contributed by atoms with Gasteiger partial charge in [-0.3, -0.25) is 4.79 Å². The number of nitrogens with one attached hydrogen (secondary N) is 2. The van der Waals surface area contributed by atoms with Crippen LogP contribution in [0.25, 0.3) is 10.8 Å². The molecule has 1 unspecified atom stereocenters. The van der Waals surface area contributed by atoms with Crippen LogP contribution in [-0.4, -0.2) is 27.4 Å². The van der Waals surface area contributed by atoms with Gasteiger partial charge in [0, 0.05) is 11.9 Å². The van der Waals surface area contributed by atoms with Crippen LogP contribution in [0.2, 0.25) is 0 Å². The number of benzene rings is 1. The molecule has 0 saturated heterocycles. The third-order valence-corrected chi connectivity index (χ3v) is 4.11. The first kappa shape index (κ1) is 17.5. The van der Waals surface area contributed by atoms with Crippen molar-refractivity contribution in [1.29, 1.82) is 0 Å². The maximum Gasteiger partial charge on any atom is 0.272 e. The zero-order valence-corrected chi connectivity index (χ0v) is 14.2. The highest BCUT2D eigenvalue weighted by Crippen LogP contribution is 2.19. The SMILES string of the molecule is CC(CCCC(C)(C)O)CCNc1n[nH]c(=O)c2ccccc12. The minimum absolute atomic E-state index is 0.161. The molecule has 0 aliphatic carbocycles. The molecule has 1 aromatic carbocycles. The Balaban J connectivity index is 1.85. The number of nitrogens with zero attached hydrogens (tertiary/aromatic N) is 1. The molecule has 0 fully saturated rings. The topological polar surface area (TPSA) is 78.0 Å². The fourth-order valence-corrected chi connectivity index (χ4v) is 2.71. The van der Waals surface area contributed by atoms with Crippen molar-refractivity contribution in [3.63, 3.8) is 0 Å². The van der Waals surface area contributed by atoms with E-state index in [1.807, 2.05) is 32.0 Å². The van der Waals surface area contributed by atoms with Gasteiger partial charge in [-0.05, 0) is 38.7 Å². The Labute approximate surface area is 137 Å². The third-order valence-electron chi connectivity index (χ3n) is 4.11. The first-order chi connectivity index (χ1) is 10.9. The second-order valence-corrected chi connectivity index (χ2v) is 6.97. The predicted molar refractivity (Wildman–Crippen MR) is 94.8 cm³/mol. The van der Waals surface area contributed by atoms with Crippen molar-refractivity contribution in [1.82, 2.24) is 10.2 Å². The Morgan fingerprint density at radius 3 is 2.65 bits per heavy atom. The standard InChI is InChI=1S/C18H27N3O2/c1-13(7-6-11-18(2,3)23)10-12-19-16-14-8-4-5-9-15(14)17(22)21-20-16/h4-5,8-9,13,23H,6-7,10-12H2,1-3H3,(H,19,20)(H,21,22). The molecule has 3 N–H and O–H groups in total. The van der Waals surface area contributed by atoms with Crippen molar-refractivity contribution in [3.8, 4) is 0 Å². The Morgan fingerprint density at radius 1 is 1.26 bits per heavy atom. The quantitative estimate of drug-likeness (QED) is 0.698. The number of fused-ring (bicyclic) bond motifs is 1. The molecule has 2 rings (SSSR count). The van der Waals surface area contributed by atoms with Crippen molar-refractivity contribution in [2.45, 2.75) is 52.1 Å². The van der Waals surface area contributed by atoms with Crippen LogP contribution in [0.15, 0.2) is 29.1 Å². The number of anilines is 1. The molecular weight excluding hydrogens is 290 g/mol. The highest BCUT2D eigenvalue weighted by Gasteiger charge is 2.13. The fraction of sp³-hybridized carbons (Fsp3) is 0.556. The lowest BCUT2D eigenvalue weighted by atomic mass is 9.95. The lowest BCUT2D eigenvalue weighted by Crippen LogP contribution is -2.18. The van der Waals surface area contributed by atoms with Gasteiger partial charge in [-0.25, -0.2) is 5.10 Å². The number of H-pyrrole nitrogens is 1. The van der Waals surface area contributed by atoms with Gasteiger partial charge < -0.3 is 10.4 Å². The molecule has 23 heavy (non-hydrogen) atoms. The summed E-state index contributed by atoms with van der Waals surface area (Å²) < 4.78 is 0. The molecule has 0 saturated carbocycles. The van der Waals surface area contributed by atoms with Crippen molar-refractivity contribution < 1.29 is 5.11 Å². The van der Waals surface area contributed by atoms with Crippen molar-refractivity contribution in [2.75, 3.05) is 11.9 Å². The van der Waals surface area contributed by atoms with Crippen LogP contribution in [-0.2, 0) is 0 Å². The van der Waals surface area contributed by atoms with Gasteiger partial charge in [0.1, 0.15) is 0 Å². The van der Waals surface area contributed by atoms with Crippen LogP contribution in [0.1, 0.15) is 46.5 Å². The number of aromatic nitrogens is 2. The second-order valence-electron chi connectivity index (χ2n) is 6.97. The molecule has 2 aromatic rings. The van der Waals surface area contributed by atoms with Crippen LogP contribution in [0, 0.1) is 5.92 Å². The molecule has 0 amide bonds. The van der Waals surface area contributed by atoms with Crippen LogP contribution in [0.4, 0.5) is 5.82 Å². The van der Waals surface area contributed by atoms with E-state index in [0.29, 0.717) is 11.3 Å². The van der Waals surface area contributed by atoms with Gasteiger partial charge in [0.15, 0.2) is 5.82 Å². The Kier molecular flexibility index (Phi) is 5.77. The number of aliphatic hydroxyl groups is 1. The summed E-state index contributed by atoms with van der Waals surface area (Å²) in [6.07, 6.45) is 3.99. The summed E-state index contributed by atoms with van der Waals surface area (Å²) in [5.74, 6) is 1.31.